The largest absolute Gasteiger partial charge is 0.319 e. The molecule has 0 fully saturated rings. The molecule has 0 aliphatic carbocycles. The topological polar surface area (TPSA) is 46.9 Å². The van der Waals surface area contributed by atoms with Crippen LogP contribution in [-0.4, -0.2) is 29.2 Å². The Hall–Kier alpha value is -1.16. The maximum atomic E-state index is 11.3. The van der Waals surface area contributed by atoms with Crippen LogP contribution in [0.25, 0.3) is 0 Å². The second-order valence-electron chi connectivity index (χ2n) is 2.65. The highest BCUT2D eigenvalue weighted by Crippen LogP contribution is 1.98. The maximum absolute atomic E-state index is 11.3. The molecule has 12 heavy (non-hydrogen) atoms. The van der Waals surface area contributed by atoms with Gasteiger partial charge >= 0.3 is 0 Å². The third kappa shape index (κ3) is 2.17. The highest BCUT2D eigenvalue weighted by Gasteiger charge is 2.06. The predicted molar refractivity (Wildman–Crippen MR) is 46.1 cm³/mol. The summed E-state index contributed by atoms with van der Waals surface area (Å²) in [5.41, 5.74) is 0.549. The average molecular weight is 167 g/mol. The van der Waals surface area contributed by atoms with Gasteiger partial charge in [0.1, 0.15) is 5.69 Å². The minimum absolute atomic E-state index is 0.0879. The van der Waals surface area contributed by atoms with Gasteiger partial charge in [-0.1, -0.05) is 0 Å². The molecule has 4 nitrogen and oxygen atoms in total. The molecule has 0 bridgehead atoms. The molecule has 0 spiro atoms. The van der Waals surface area contributed by atoms with Crippen LogP contribution in [0.1, 0.15) is 16.9 Å². The van der Waals surface area contributed by atoms with Crippen LogP contribution in [0.2, 0.25) is 0 Å². The molecule has 0 radical (unpaired) electrons. The first-order valence-electron chi connectivity index (χ1n) is 3.91. The van der Waals surface area contributed by atoms with Crippen LogP contribution in [0.15, 0.2) is 12.3 Å². The summed E-state index contributed by atoms with van der Waals surface area (Å²) in [7, 11) is 3.63. The van der Waals surface area contributed by atoms with Crippen molar-refractivity contribution in [1.29, 1.82) is 0 Å². The lowest BCUT2D eigenvalue weighted by atomic mass is 10.2. The number of Topliss-reactive ketones (excluding diaryl/α,β-unsaturated/α-hetero) is 1. The number of carbonyl (C=O) groups excluding carboxylic acids is 1. The number of hydrogen-bond acceptors (Lipinski definition) is 3. The quantitative estimate of drug-likeness (QED) is 0.652. The normalized spacial score (nSPS) is 10.2. The lowest BCUT2D eigenvalue weighted by molar-refractivity contribution is 0.0977. The molecule has 66 valence electrons. The average Bonchev–Trinajstić information content (AvgIpc) is 2.47. The summed E-state index contributed by atoms with van der Waals surface area (Å²) in [4.78, 5) is 11.3. The number of hydrogen-bond donors (Lipinski definition) is 1. The Balaban J connectivity index is 2.53. The van der Waals surface area contributed by atoms with Gasteiger partial charge in [0.2, 0.25) is 0 Å². The lowest BCUT2D eigenvalue weighted by Gasteiger charge is -1.95. The first-order chi connectivity index (χ1) is 5.74. The zero-order chi connectivity index (χ0) is 8.97. The van der Waals surface area contributed by atoms with Gasteiger partial charge in [0.15, 0.2) is 5.78 Å². The van der Waals surface area contributed by atoms with Crippen LogP contribution < -0.4 is 5.32 Å². The van der Waals surface area contributed by atoms with E-state index in [4.69, 9.17) is 0 Å². The Labute approximate surface area is 71.6 Å². The van der Waals surface area contributed by atoms with Crippen molar-refractivity contribution >= 4 is 5.78 Å². The maximum Gasteiger partial charge on any atom is 0.184 e. The Morgan fingerprint density at radius 1 is 1.75 bits per heavy atom. The Morgan fingerprint density at radius 3 is 3.00 bits per heavy atom. The van der Waals surface area contributed by atoms with E-state index in [1.54, 1.807) is 24.0 Å². The molecule has 1 N–H and O–H groups in total. The van der Waals surface area contributed by atoms with E-state index in [0.29, 0.717) is 18.7 Å². The molecule has 0 saturated heterocycles. The monoisotopic (exact) mass is 167 g/mol. The number of aryl methyl sites for hydroxylation is 1. The van der Waals surface area contributed by atoms with E-state index in [2.05, 4.69) is 10.4 Å². The van der Waals surface area contributed by atoms with Crippen LogP contribution >= 0.6 is 0 Å². The molecule has 0 aromatic carbocycles. The third-order valence-corrected chi connectivity index (χ3v) is 1.60. The summed E-state index contributed by atoms with van der Waals surface area (Å²) in [6.45, 7) is 0.704. The van der Waals surface area contributed by atoms with Gasteiger partial charge in [-0.2, -0.15) is 5.10 Å². The summed E-state index contributed by atoms with van der Waals surface area (Å²) < 4.78 is 1.63. The van der Waals surface area contributed by atoms with E-state index in [1.807, 2.05) is 7.05 Å². The van der Waals surface area contributed by atoms with E-state index in [-0.39, 0.29) is 5.78 Å². The van der Waals surface area contributed by atoms with Gasteiger partial charge < -0.3 is 5.32 Å². The highest BCUT2D eigenvalue weighted by molar-refractivity contribution is 5.94. The van der Waals surface area contributed by atoms with Crippen molar-refractivity contribution in [3.8, 4) is 0 Å². The van der Waals surface area contributed by atoms with Crippen molar-refractivity contribution in [2.24, 2.45) is 7.05 Å². The van der Waals surface area contributed by atoms with Crippen LogP contribution in [0, 0.1) is 0 Å². The summed E-state index contributed by atoms with van der Waals surface area (Å²) in [6.07, 6.45) is 2.28. The lowest BCUT2D eigenvalue weighted by Crippen LogP contribution is -2.13. The van der Waals surface area contributed by atoms with Gasteiger partial charge in [-0.25, -0.2) is 0 Å². The molecule has 0 aliphatic rings. The van der Waals surface area contributed by atoms with Gasteiger partial charge in [-0.3, -0.25) is 9.48 Å². The van der Waals surface area contributed by atoms with E-state index in [1.165, 1.54) is 0 Å². The van der Waals surface area contributed by atoms with Gasteiger partial charge in [-0.15, -0.1) is 0 Å². The van der Waals surface area contributed by atoms with Crippen LogP contribution in [0.3, 0.4) is 0 Å². The van der Waals surface area contributed by atoms with Crippen molar-refractivity contribution in [3.05, 3.63) is 18.0 Å². The second-order valence-corrected chi connectivity index (χ2v) is 2.65. The van der Waals surface area contributed by atoms with Crippen molar-refractivity contribution in [1.82, 2.24) is 15.1 Å². The number of rotatable bonds is 4. The van der Waals surface area contributed by atoms with E-state index >= 15 is 0 Å². The summed E-state index contributed by atoms with van der Waals surface area (Å²) >= 11 is 0. The summed E-state index contributed by atoms with van der Waals surface area (Å²) in [5.74, 6) is 0.0879. The minimum atomic E-state index is 0.0879. The standard InChI is InChI=1S/C8H13N3O/c1-9-5-3-8(12)7-4-6-11(2)10-7/h4,6,9H,3,5H2,1-2H3. The molecular weight excluding hydrogens is 154 g/mol. The number of ketones is 1. The fourth-order valence-electron chi connectivity index (χ4n) is 0.930. The Kier molecular flexibility index (Phi) is 2.99. The predicted octanol–water partition coefficient (Wildman–Crippen LogP) is 0.212. The third-order valence-electron chi connectivity index (χ3n) is 1.60. The van der Waals surface area contributed by atoms with Crippen molar-refractivity contribution in [2.75, 3.05) is 13.6 Å². The molecule has 1 heterocycles. The SMILES string of the molecule is CNCCC(=O)c1ccn(C)n1. The fraction of sp³-hybridized carbons (Fsp3) is 0.500. The van der Waals surface area contributed by atoms with Crippen LogP contribution in [-0.2, 0) is 7.05 Å². The molecule has 1 rings (SSSR count). The number of nitrogens with one attached hydrogen (secondary N) is 1. The van der Waals surface area contributed by atoms with Crippen molar-refractivity contribution in [3.63, 3.8) is 0 Å². The molecule has 0 saturated carbocycles. The summed E-state index contributed by atoms with van der Waals surface area (Å²) in [6, 6.07) is 1.73. The zero-order valence-electron chi connectivity index (χ0n) is 7.37. The van der Waals surface area contributed by atoms with Gasteiger partial charge in [-0.05, 0) is 13.1 Å². The van der Waals surface area contributed by atoms with E-state index in [9.17, 15) is 4.79 Å². The molecular formula is C8H13N3O. The number of aromatic nitrogens is 2. The smallest absolute Gasteiger partial charge is 0.184 e. The molecule has 4 heteroatoms. The molecule has 1 aromatic rings. The first-order valence-corrected chi connectivity index (χ1v) is 3.91. The van der Waals surface area contributed by atoms with E-state index in [0.717, 1.165) is 0 Å². The second kappa shape index (κ2) is 4.01. The Morgan fingerprint density at radius 2 is 2.50 bits per heavy atom. The molecule has 0 amide bonds. The van der Waals surface area contributed by atoms with Crippen molar-refractivity contribution in [2.45, 2.75) is 6.42 Å². The van der Waals surface area contributed by atoms with E-state index < -0.39 is 0 Å². The van der Waals surface area contributed by atoms with Gasteiger partial charge in [0.25, 0.3) is 0 Å². The van der Waals surface area contributed by atoms with Gasteiger partial charge in [0, 0.05) is 26.2 Å². The number of nitrogens with zero attached hydrogens (tertiary/aromatic N) is 2. The fourth-order valence-corrected chi connectivity index (χ4v) is 0.930. The van der Waals surface area contributed by atoms with Crippen molar-refractivity contribution < 1.29 is 4.79 Å². The first kappa shape index (κ1) is 8.93. The molecule has 0 aliphatic heterocycles. The molecule has 0 atom stereocenters. The molecule has 1 aromatic heterocycles. The van der Waals surface area contributed by atoms with Crippen LogP contribution in [0.5, 0.6) is 0 Å². The van der Waals surface area contributed by atoms with Crippen LogP contribution in [0.4, 0.5) is 0 Å². The Bertz CT molecular complexity index is 267. The highest BCUT2D eigenvalue weighted by atomic mass is 16.1. The zero-order valence-corrected chi connectivity index (χ0v) is 7.37. The minimum Gasteiger partial charge on any atom is -0.319 e. The molecule has 0 unspecified atom stereocenters. The summed E-state index contributed by atoms with van der Waals surface area (Å²) in [5, 5.41) is 6.92. The number of carbonyl (C=O) groups is 1. The van der Waals surface area contributed by atoms with Gasteiger partial charge in [0.05, 0.1) is 0 Å².